The van der Waals surface area contributed by atoms with Crippen LogP contribution in [0.1, 0.15) is 67.0 Å². The van der Waals surface area contributed by atoms with Gasteiger partial charge in [-0.2, -0.15) is 0 Å². The van der Waals surface area contributed by atoms with Gasteiger partial charge in [0, 0.05) is 36.6 Å². The number of hydrogen-bond donors (Lipinski definition) is 3. The molecule has 0 radical (unpaired) electrons. The lowest BCUT2D eigenvalue weighted by atomic mass is 10.0. The number of H-pyrrole nitrogens is 1. The van der Waals surface area contributed by atoms with Crippen molar-refractivity contribution in [3.8, 4) is 0 Å². The summed E-state index contributed by atoms with van der Waals surface area (Å²) in [4.78, 5) is 41.6. The van der Waals surface area contributed by atoms with Crippen LogP contribution in [0.25, 0.3) is 11.6 Å². The van der Waals surface area contributed by atoms with Crippen molar-refractivity contribution < 1.29 is 23.9 Å². The van der Waals surface area contributed by atoms with Crippen molar-refractivity contribution in [2.24, 2.45) is 0 Å². The minimum Gasteiger partial charge on any atom is -0.481 e. The van der Waals surface area contributed by atoms with Crippen LogP contribution in [0.5, 0.6) is 0 Å². The molecule has 3 N–H and O–H groups in total. The molecule has 0 aliphatic carbocycles. The zero-order valence-corrected chi connectivity index (χ0v) is 20.6. The first-order chi connectivity index (χ1) is 16.2. The molecule has 2 heterocycles. The van der Waals surface area contributed by atoms with E-state index in [1.165, 1.54) is 28.1 Å². The quantitative estimate of drug-likeness (QED) is 0.395. The number of rotatable bonds is 8. The fourth-order valence-corrected chi connectivity index (χ4v) is 3.93. The highest BCUT2D eigenvalue weighted by Crippen LogP contribution is 2.39. The molecule has 1 aromatic heterocycles. The van der Waals surface area contributed by atoms with E-state index in [2.05, 4.69) is 10.4 Å². The highest BCUT2D eigenvalue weighted by molar-refractivity contribution is 6.35. The highest BCUT2D eigenvalue weighted by Gasteiger charge is 2.33. The molecule has 8 nitrogen and oxygen atoms in total. The van der Waals surface area contributed by atoms with Gasteiger partial charge in [0.1, 0.15) is 5.82 Å². The summed E-state index contributed by atoms with van der Waals surface area (Å²) in [6.07, 6.45) is 1.37. The number of hydrazine groups is 1. The van der Waals surface area contributed by atoms with Crippen molar-refractivity contribution in [1.29, 1.82) is 0 Å². The Morgan fingerprint density at radius 3 is 2.50 bits per heavy atom. The van der Waals surface area contributed by atoms with E-state index in [0.29, 0.717) is 46.9 Å². The first-order valence-electron chi connectivity index (χ1n) is 11.5. The molecule has 1 aliphatic rings. The van der Waals surface area contributed by atoms with Crippen molar-refractivity contribution in [3.63, 3.8) is 0 Å². The van der Waals surface area contributed by atoms with E-state index in [1.54, 1.807) is 19.9 Å². The molecular weight excluding hydrogens is 439 g/mol. The third-order valence-electron chi connectivity index (χ3n) is 5.45. The van der Waals surface area contributed by atoms with E-state index in [0.717, 1.165) is 0 Å². The number of aromatic nitrogens is 1. The van der Waals surface area contributed by atoms with Gasteiger partial charge in [-0.25, -0.2) is 9.82 Å². The van der Waals surface area contributed by atoms with Gasteiger partial charge in [-0.05, 0) is 50.6 Å². The third kappa shape index (κ3) is 5.36. The van der Waals surface area contributed by atoms with Gasteiger partial charge in [-0.1, -0.05) is 20.8 Å². The molecule has 0 unspecified atom stereocenters. The number of fused-ring (bicyclic) bond motifs is 1. The molecule has 0 saturated heterocycles. The number of amides is 2. The van der Waals surface area contributed by atoms with Gasteiger partial charge in [0.15, 0.2) is 0 Å². The van der Waals surface area contributed by atoms with Gasteiger partial charge in [0.2, 0.25) is 0 Å². The zero-order valence-electron chi connectivity index (χ0n) is 20.6. The first-order valence-corrected chi connectivity index (χ1v) is 11.5. The number of benzene rings is 1. The Kier molecular flexibility index (Phi) is 9.14. The van der Waals surface area contributed by atoms with Crippen molar-refractivity contribution in [2.45, 2.75) is 48.0 Å². The SMILES string of the molecule is CC.CCNN(CC)C(=O)c1c(C)[nH]c(/C=C2\C(=O)N(CCC(=O)O)c3ccc(F)cc32)c1C. The van der Waals surface area contributed by atoms with Crippen molar-refractivity contribution >= 4 is 35.1 Å². The standard InChI is InChI=1S/C23H27FN4O4.C2H6/c1-5-25-28(6-2)23(32)21-13(3)18(26-14(21)4)12-17-16-11-15(24)7-8-19(16)27(22(17)31)10-9-20(29)30;1-2/h7-8,11-12,25-26H,5-6,9-10H2,1-4H3,(H,29,30);1-2H3/b17-12-;. The Morgan fingerprint density at radius 1 is 1.24 bits per heavy atom. The molecular formula is C25H33FN4O4. The van der Waals surface area contributed by atoms with Crippen molar-refractivity contribution in [2.75, 3.05) is 24.5 Å². The molecule has 0 bridgehead atoms. The van der Waals surface area contributed by atoms with Crippen LogP contribution in [-0.2, 0) is 9.59 Å². The largest absolute Gasteiger partial charge is 0.481 e. The number of nitrogens with zero attached hydrogens (tertiary/aromatic N) is 2. The van der Waals surface area contributed by atoms with Crippen LogP contribution in [0.15, 0.2) is 18.2 Å². The molecule has 0 fully saturated rings. The number of carboxylic acid groups (broad SMARTS) is 1. The number of carbonyl (C=O) groups excluding carboxylic acids is 2. The van der Waals surface area contributed by atoms with Gasteiger partial charge < -0.3 is 15.0 Å². The second kappa shape index (κ2) is 11.6. The molecule has 2 amide bonds. The second-order valence-electron chi connectivity index (χ2n) is 7.54. The van der Waals surface area contributed by atoms with Crippen molar-refractivity contribution in [3.05, 3.63) is 52.1 Å². The molecule has 184 valence electrons. The number of hydrogen-bond acceptors (Lipinski definition) is 4. The summed E-state index contributed by atoms with van der Waals surface area (Å²) in [5, 5.41) is 10.5. The van der Waals surface area contributed by atoms with E-state index in [4.69, 9.17) is 5.11 Å². The Hall–Kier alpha value is -3.46. The number of nitrogens with one attached hydrogen (secondary N) is 2. The van der Waals surface area contributed by atoms with Crippen LogP contribution in [-0.4, -0.2) is 52.5 Å². The number of halogens is 1. The van der Waals surface area contributed by atoms with Crippen LogP contribution in [0, 0.1) is 19.7 Å². The number of aromatic amines is 1. The maximum Gasteiger partial charge on any atom is 0.305 e. The van der Waals surface area contributed by atoms with Gasteiger partial charge in [0.25, 0.3) is 11.8 Å². The Balaban J connectivity index is 0.00000199. The normalized spacial score (nSPS) is 13.6. The minimum absolute atomic E-state index is 0.0231. The van der Waals surface area contributed by atoms with Gasteiger partial charge in [-0.15, -0.1) is 0 Å². The monoisotopic (exact) mass is 472 g/mol. The Bertz CT molecular complexity index is 1110. The number of carbonyl (C=O) groups is 3. The molecule has 0 spiro atoms. The third-order valence-corrected chi connectivity index (χ3v) is 5.45. The lowest BCUT2D eigenvalue weighted by Crippen LogP contribution is -2.42. The number of carboxylic acids is 1. The number of aryl methyl sites for hydroxylation is 1. The zero-order chi connectivity index (χ0) is 25.6. The first kappa shape index (κ1) is 26.8. The van der Waals surface area contributed by atoms with E-state index < -0.39 is 17.7 Å². The average molecular weight is 473 g/mol. The molecule has 0 atom stereocenters. The topological polar surface area (TPSA) is 106 Å². The summed E-state index contributed by atoms with van der Waals surface area (Å²) in [5.41, 5.74) is 6.53. The fourth-order valence-electron chi connectivity index (χ4n) is 3.93. The van der Waals surface area contributed by atoms with Gasteiger partial charge in [-0.3, -0.25) is 19.4 Å². The molecule has 3 rings (SSSR count). The van der Waals surface area contributed by atoms with Crippen LogP contribution in [0.2, 0.25) is 0 Å². The van der Waals surface area contributed by atoms with Crippen LogP contribution < -0.4 is 10.3 Å². The van der Waals surface area contributed by atoms with Gasteiger partial charge in [0.05, 0.1) is 23.2 Å². The highest BCUT2D eigenvalue weighted by atomic mass is 19.1. The summed E-state index contributed by atoms with van der Waals surface area (Å²) >= 11 is 0. The average Bonchev–Trinajstić information content (AvgIpc) is 3.23. The maximum atomic E-state index is 14.0. The fraction of sp³-hybridized carbons (Fsp3) is 0.400. The minimum atomic E-state index is -1.03. The predicted molar refractivity (Wildman–Crippen MR) is 131 cm³/mol. The van der Waals surface area contributed by atoms with Crippen LogP contribution >= 0.6 is 0 Å². The Labute approximate surface area is 199 Å². The summed E-state index contributed by atoms with van der Waals surface area (Å²) in [7, 11) is 0. The molecule has 9 heteroatoms. The van der Waals surface area contributed by atoms with E-state index in [1.807, 2.05) is 27.7 Å². The summed E-state index contributed by atoms with van der Waals surface area (Å²) in [6.45, 7) is 12.4. The second-order valence-corrected chi connectivity index (χ2v) is 7.54. The summed E-state index contributed by atoms with van der Waals surface area (Å²) < 4.78 is 14.0. The molecule has 1 aliphatic heterocycles. The van der Waals surface area contributed by atoms with E-state index >= 15 is 0 Å². The lowest BCUT2D eigenvalue weighted by Gasteiger charge is -2.21. The van der Waals surface area contributed by atoms with E-state index in [-0.39, 0.29) is 24.4 Å². The van der Waals surface area contributed by atoms with Crippen LogP contribution in [0.4, 0.5) is 10.1 Å². The summed E-state index contributed by atoms with van der Waals surface area (Å²) in [5.74, 6) is -2.12. The van der Waals surface area contributed by atoms with Crippen molar-refractivity contribution in [1.82, 2.24) is 15.4 Å². The number of aliphatic carboxylic acids is 1. The lowest BCUT2D eigenvalue weighted by molar-refractivity contribution is -0.136. The number of anilines is 1. The van der Waals surface area contributed by atoms with Crippen LogP contribution in [0.3, 0.4) is 0 Å². The molecule has 34 heavy (non-hydrogen) atoms. The summed E-state index contributed by atoms with van der Waals surface area (Å²) in [6, 6.07) is 3.98. The van der Waals surface area contributed by atoms with E-state index in [9.17, 15) is 18.8 Å². The predicted octanol–water partition coefficient (Wildman–Crippen LogP) is 4.15. The molecule has 0 saturated carbocycles. The smallest absolute Gasteiger partial charge is 0.305 e. The van der Waals surface area contributed by atoms with Gasteiger partial charge >= 0.3 is 5.97 Å². The molecule has 2 aromatic rings. The Morgan fingerprint density at radius 2 is 1.91 bits per heavy atom. The molecule has 1 aromatic carbocycles. The maximum absolute atomic E-state index is 14.0.